The summed E-state index contributed by atoms with van der Waals surface area (Å²) >= 11 is 3.32. The molecule has 28 heavy (non-hydrogen) atoms. The monoisotopic (exact) mass is 411 g/mol. The summed E-state index contributed by atoms with van der Waals surface area (Å²) in [6.45, 7) is 0.433. The Labute approximate surface area is 171 Å². The van der Waals surface area contributed by atoms with Crippen molar-refractivity contribution >= 4 is 45.5 Å². The van der Waals surface area contributed by atoms with E-state index in [1.807, 2.05) is 18.2 Å². The number of carbonyl (C=O) groups is 2. The van der Waals surface area contributed by atoms with E-state index in [1.54, 1.807) is 59.9 Å². The van der Waals surface area contributed by atoms with Crippen LogP contribution in [0.25, 0.3) is 0 Å². The van der Waals surface area contributed by atoms with Crippen LogP contribution in [0.5, 0.6) is 0 Å². The molecule has 8 heteroatoms. The normalized spacial score (nSPS) is 12.8. The molecule has 0 aromatic heterocycles. The minimum Gasteiger partial charge on any atom is -0.452 e. The molecule has 0 atom stereocenters. The largest absolute Gasteiger partial charge is 0.452 e. The number of hydrogen-bond donors (Lipinski definition) is 1. The van der Waals surface area contributed by atoms with Crippen molar-refractivity contribution in [2.24, 2.45) is 4.99 Å². The smallest absolute Gasteiger partial charge is 0.338 e. The lowest BCUT2D eigenvalue weighted by Gasteiger charge is -2.10. The van der Waals surface area contributed by atoms with Gasteiger partial charge in [0.2, 0.25) is 0 Å². The first kappa shape index (κ1) is 20.0. The van der Waals surface area contributed by atoms with Crippen LogP contribution in [0.3, 0.4) is 0 Å². The standard InChI is InChI=1S/C20H17N3O3S2/c21-11-14-4-3-6-16(10-14)23-18(24)12-26-19(25)17-7-2-1-5-15(17)13-28-20-22-8-9-27-20/h1-7,10H,8-9,12-13H2,(H,23,24). The second kappa shape index (κ2) is 9.97. The molecule has 2 aromatic carbocycles. The van der Waals surface area contributed by atoms with Gasteiger partial charge in [0, 0.05) is 17.2 Å². The van der Waals surface area contributed by atoms with Gasteiger partial charge in [-0.05, 0) is 29.8 Å². The quantitative estimate of drug-likeness (QED) is 0.729. The van der Waals surface area contributed by atoms with Crippen LogP contribution in [0.1, 0.15) is 21.5 Å². The average molecular weight is 412 g/mol. The Balaban J connectivity index is 1.55. The van der Waals surface area contributed by atoms with Crippen molar-refractivity contribution in [3.05, 3.63) is 65.2 Å². The number of hydrogen-bond acceptors (Lipinski definition) is 7. The van der Waals surface area contributed by atoms with E-state index in [9.17, 15) is 9.59 Å². The molecule has 0 saturated heterocycles. The van der Waals surface area contributed by atoms with Crippen molar-refractivity contribution in [3.8, 4) is 6.07 Å². The van der Waals surface area contributed by atoms with Crippen molar-refractivity contribution < 1.29 is 14.3 Å². The third kappa shape index (κ3) is 5.62. The molecule has 1 aliphatic rings. The molecule has 0 saturated carbocycles. The summed E-state index contributed by atoms with van der Waals surface area (Å²) in [6, 6.07) is 15.7. The molecule has 1 N–H and O–H groups in total. The Morgan fingerprint density at radius 3 is 2.89 bits per heavy atom. The van der Waals surface area contributed by atoms with E-state index < -0.39 is 18.5 Å². The first-order valence-electron chi connectivity index (χ1n) is 8.51. The van der Waals surface area contributed by atoms with Crippen LogP contribution in [-0.4, -0.2) is 35.2 Å². The van der Waals surface area contributed by atoms with Crippen LogP contribution >= 0.6 is 23.5 Å². The average Bonchev–Trinajstić information content (AvgIpc) is 3.24. The summed E-state index contributed by atoms with van der Waals surface area (Å²) < 4.78 is 6.20. The van der Waals surface area contributed by atoms with Crippen LogP contribution in [0, 0.1) is 11.3 Å². The summed E-state index contributed by atoms with van der Waals surface area (Å²) in [4.78, 5) is 28.9. The molecule has 3 rings (SSSR count). The fourth-order valence-corrected chi connectivity index (χ4v) is 4.47. The van der Waals surface area contributed by atoms with Gasteiger partial charge in [-0.3, -0.25) is 9.79 Å². The highest BCUT2D eigenvalue weighted by atomic mass is 32.2. The van der Waals surface area contributed by atoms with E-state index in [-0.39, 0.29) is 0 Å². The van der Waals surface area contributed by atoms with Crippen molar-refractivity contribution in [3.63, 3.8) is 0 Å². The van der Waals surface area contributed by atoms with Gasteiger partial charge < -0.3 is 10.1 Å². The Kier molecular flexibility index (Phi) is 7.12. The first-order valence-corrected chi connectivity index (χ1v) is 10.5. The van der Waals surface area contributed by atoms with E-state index in [1.165, 1.54) is 0 Å². The fourth-order valence-electron chi connectivity index (χ4n) is 2.46. The van der Waals surface area contributed by atoms with E-state index in [2.05, 4.69) is 10.3 Å². The third-order valence-corrected chi connectivity index (χ3v) is 6.06. The van der Waals surface area contributed by atoms with E-state index in [0.717, 1.165) is 22.2 Å². The van der Waals surface area contributed by atoms with Crippen molar-refractivity contribution in [2.75, 3.05) is 24.2 Å². The molecule has 0 spiro atoms. The molecule has 0 unspecified atom stereocenters. The van der Waals surface area contributed by atoms with Crippen LogP contribution in [0.4, 0.5) is 5.69 Å². The van der Waals surface area contributed by atoms with Gasteiger partial charge in [0.1, 0.15) is 4.38 Å². The lowest BCUT2D eigenvalue weighted by molar-refractivity contribution is -0.119. The van der Waals surface area contributed by atoms with Crippen LogP contribution < -0.4 is 5.32 Å². The maximum absolute atomic E-state index is 12.4. The number of aliphatic imine (C=N–C) groups is 1. The number of esters is 1. The number of carbonyl (C=O) groups excluding carboxylic acids is 2. The lowest BCUT2D eigenvalue weighted by Crippen LogP contribution is -2.21. The summed E-state index contributed by atoms with van der Waals surface area (Å²) in [5, 5.41) is 11.5. The molecule has 0 bridgehead atoms. The number of thioether (sulfide) groups is 2. The highest BCUT2D eigenvalue weighted by molar-refractivity contribution is 8.38. The molecule has 142 valence electrons. The number of nitrogens with zero attached hydrogens (tertiary/aromatic N) is 2. The van der Waals surface area contributed by atoms with Gasteiger partial charge >= 0.3 is 5.97 Å². The van der Waals surface area contributed by atoms with Crippen LogP contribution in [-0.2, 0) is 15.3 Å². The zero-order valence-electron chi connectivity index (χ0n) is 14.9. The van der Waals surface area contributed by atoms with Gasteiger partial charge in [-0.2, -0.15) is 5.26 Å². The van der Waals surface area contributed by atoms with Gasteiger partial charge in [0.25, 0.3) is 5.91 Å². The highest BCUT2D eigenvalue weighted by Crippen LogP contribution is 2.26. The van der Waals surface area contributed by atoms with Crippen molar-refractivity contribution in [2.45, 2.75) is 5.75 Å². The van der Waals surface area contributed by atoms with Gasteiger partial charge in [0.05, 0.1) is 23.7 Å². The predicted molar refractivity (Wildman–Crippen MR) is 113 cm³/mol. The molecule has 0 radical (unpaired) electrons. The lowest BCUT2D eigenvalue weighted by atomic mass is 10.1. The van der Waals surface area contributed by atoms with E-state index in [0.29, 0.717) is 22.6 Å². The maximum atomic E-state index is 12.4. The second-order valence-electron chi connectivity index (χ2n) is 5.76. The topological polar surface area (TPSA) is 91.5 Å². The number of nitriles is 1. The molecule has 2 aromatic rings. The second-order valence-corrected chi connectivity index (χ2v) is 8.06. The zero-order chi connectivity index (χ0) is 19.8. The summed E-state index contributed by atoms with van der Waals surface area (Å²) in [5.74, 6) is 0.605. The Hall–Kier alpha value is -2.76. The van der Waals surface area contributed by atoms with Crippen LogP contribution in [0.2, 0.25) is 0 Å². The minimum atomic E-state index is -0.543. The minimum absolute atomic E-state index is 0.403. The molecule has 1 heterocycles. The molecular formula is C20H17N3O3S2. The zero-order valence-corrected chi connectivity index (χ0v) is 16.5. The van der Waals surface area contributed by atoms with E-state index >= 15 is 0 Å². The number of anilines is 1. The van der Waals surface area contributed by atoms with Gasteiger partial charge in [0.15, 0.2) is 6.61 Å². The fraction of sp³-hybridized carbons (Fsp3) is 0.200. The summed E-state index contributed by atoms with van der Waals surface area (Å²) in [6.07, 6.45) is 0. The molecule has 1 amide bonds. The number of ether oxygens (including phenoxy) is 1. The first-order chi connectivity index (χ1) is 13.7. The molecule has 6 nitrogen and oxygen atoms in total. The number of benzene rings is 2. The van der Waals surface area contributed by atoms with Gasteiger partial charge in [-0.15, -0.1) is 0 Å². The third-order valence-electron chi connectivity index (χ3n) is 3.76. The maximum Gasteiger partial charge on any atom is 0.338 e. The van der Waals surface area contributed by atoms with Crippen molar-refractivity contribution in [1.29, 1.82) is 5.26 Å². The van der Waals surface area contributed by atoms with E-state index in [4.69, 9.17) is 10.00 Å². The molecule has 1 aliphatic heterocycles. The Morgan fingerprint density at radius 1 is 1.25 bits per heavy atom. The highest BCUT2D eigenvalue weighted by Gasteiger charge is 2.16. The predicted octanol–water partition coefficient (Wildman–Crippen LogP) is 3.69. The summed E-state index contributed by atoms with van der Waals surface area (Å²) in [7, 11) is 0. The number of nitrogens with one attached hydrogen (secondary N) is 1. The SMILES string of the molecule is N#Cc1cccc(NC(=O)COC(=O)c2ccccc2CSC2=NCCS2)c1. The summed E-state index contributed by atoms with van der Waals surface area (Å²) in [5.41, 5.74) is 2.20. The van der Waals surface area contributed by atoms with Crippen LogP contribution in [0.15, 0.2) is 53.5 Å². The number of rotatable bonds is 6. The number of amides is 1. The van der Waals surface area contributed by atoms with Gasteiger partial charge in [-0.25, -0.2) is 4.79 Å². The molecule has 0 fully saturated rings. The molecular weight excluding hydrogens is 394 g/mol. The van der Waals surface area contributed by atoms with Gasteiger partial charge in [-0.1, -0.05) is 47.8 Å². The Morgan fingerprint density at radius 2 is 2.11 bits per heavy atom. The van der Waals surface area contributed by atoms with Crippen molar-refractivity contribution in [1.82, 2.24) is 0 Å². The Bertz CT molecular complexity index is 954. The molecule has 0 aliphatic carbocycles.